The number of rotatable bonds is 2. The lowest BCUT2D eigenvalue weighted by atomic mass is 9.99. The van der Waals surface area contributed by atoms with Gasteiger partial charge in [0.15, 0.2) is 0 Å². The van der Waals surface area contributed by atoms with Crippen molar-refractivity contribution in [2.75, 3.05) is 0 Å². The van der Waals surface area contributed by atoms with Crippen LogP contribution in [0.3, 0.4) is 0 Å². The van der Waals surface area contributed by atoms with Crippen molar-refractivity contribution in [3.8, 4) is 0 Å². The highest BCUT2D eigenvalue weighted by molar-refractivity contribution is 9.10. The summed E-state index contributed by atoms with van der Waals surface area (Å²) in [7, 11) is 0. The molecule has 2 aromatic carbocycles. The molecule has 0 bridgehead atoms. The zero-order valence-electron chi connectivity index (χ0n) is 9.13. The van der Waals surface area contributed by atoms with E-state index in [4.69, 9.17) is 17.3 Å². The second kappa shape index (κ2) is 5.34. The minimum Gasteiger partial charge on any atom is -0.320 e. The number of benzene rings is 2. The van der Waals surface area contributed by atoms with Gasteiger partial charge in [-0.25, -0.2) is 8.78 Å². The van der Waals surface area contributed by atoms with Crippen LogP contribution in [0.15, 0.2) is 40.9 Å². The molecule has 0 fully saturated rings. The molecular weight excluding hydrogens is 324 g/mol. The van der Waals surface area contributed by atoms with Crippen molar-refractivity contribution in [1.29, 1.82) is 0 Å². The van der Waals surface area contributed by atoms with Gasteiger partial charge in [0.1, 0.15) is 11.6 Å². The summed E-state index contributed by atoms with van der Waals surface area (Å²) in [6.07, 6.45) is 0. The van der Waals surface area contributed by atoms with Crippen LogP contribution in [0.4, 0.5) is 8.78 Å². The van der Waals surface area contributed by atoms with E-state index in [1.165, 1.54) is 12.1 Å². The Bertz CT molecular complexity index is 569. The fourth-order valence-electron chi connectivity index (χ4n) is 1.69. The summed E-state index contributed by atoms with van der Waals surface area (Å²) in [6, 6.07) is 7.75. The molecule has 0 aliphatic carbocycles. The third-order valence-corrected chi connectivity index (χ3v) is 3.22. The average molecular weight is 333 g/mol. The van der Waals surface area contributed by atoms with Gasteiger partial charge in [0.25, 0.3) is 0 Å². The van der Waals surface area contributed by atoms with E-state index in [9.17, 15) is 8.78 Å². The molecule has 2 N–H and O–H groups in total. The molecule has 1 atom stereocenters. The van der Waals surface area contributed by atoms with Gasteiger partial charge in [-0.2, -0.15) is 0 Å². The number of nitrogens with two attached hydrogens (primary N) is 1. The maximum absolute atomic E-state index is 13.6. The first kappa shape index (κ1) is 13.5. The van der Waals surface area contributed by atoms with Gasteiger partial charge in [-0.1, -0.05) is 33.6 Å². The molecule has 5 heteroatoms. The average Bonchev–Trinajstić information content (AvgIpc) is 2.26. The Morgan fingerprint density at radius 2 is 1.83 bits per heavy atom. The summed E-state index contributed by atoms with van der Waals surface area (Å²) < 4.78 is 27.2. The summed E-state index contributed by atoms with van der Waals surface area (Å²) in [6.45, 7) is 0. The van der Waals surface area contributed by atoms with E-state index in [1.54, 1.807) is 18.2 Å². The van der Waals surface area contributed by atoms with E-state index in [-0.39, 0.29) is 5.56 Å². The molecule has 94 valence electrons. The summed E-state index contributed by atoms with van der Waals surface area (Å²) in [5, 5.41) is 0.498. The molecule has 0 aromatic heterocycles. The molecule has 0 radical (unpaired) electrons. The van der Waals surface area contributed by atoms with Gasteiger partial charge < -0.3 is 5.73 Å². The summed E-state index contributed by atoms with van der Waals surface area (Å²) >= 11 is 9.20. The van der Waals surface area contributed by atoms with E-state index >= 15 is 0 Å². The first-order chi connectivity index (χ1) is 8.47. The third kappa shape index (κ3) is 2.88. The van der Waals surface area contributed by atoms with E-state index in [1.807, 2.05) is 0 Å². The largest absolute Gasteiger partial charge is 0.320 e. The molecule has 1 unspecified atom stereocenters. The highest BCUT2D eigenvalue weighted by atomic mass is 79.9. The monoisotopic (exact) mass is 331 g/mol. The second-order valence-corrected chi connectivity index (χ2v) is 5.20. The van der Waals surface area contributed by atoms with Crippen molar-refractivity contribution in [3.05, 3.63) is 68.7 Å². The minimum atomic E-state index is -0.694. The normalized spacial score (nSPS) is 12.5. The fraction of sp³-hybridized carbons (Fsp3) is 0.0769. The van der Waals surface area contributed by atoms with Gasteiger partial charge in [-0.05, 0) is 29.8 Å². The molecule has 1 nitrogen and oxygen atoms in total. The first-order valence-corrected chi connectivity index (χ1v) is 6.31. The van der Waals surface area contributed by atoms with Crippen LogP contribution >= 0.6 is 27.5 Å². The Morgan fingerprint density at radius 1 is 1.11 bits per heavy atom. The van der Waals surface area contributed by atoms with Crippen molar-refractivity contribution in [3.63, 3.8) is 0 Å². The molecule has 2 aromatic rings. The van der Waals surface area contributed by atoms with Crippen LogP contribution in [0.1, 0.15) is 17.2 Å². The van der Waals surface area contributed by atoms with E-state index in [2.05, 4.69) is 15.9 Å². The molecule has 18 heavy (non-hydrogen) atoms. The number of hydrogen-bond acceptors (Lipinski definition) is 1. The Balaban J connectivity index is 2.44. The predicted molar refractivity (Wildman–Crippen MR) is 71.5 cm³/mol. The first-order valence-electron chi connectivity index (χ1n) is 5.14. The molecule has 0 spiro atoms. The Morgan fingerprint density at radius 3 is 2.44 bits per heavy atom. The van der Waals surface area contributed by atoms with Crippen molar-refractivity contribution in [2.24, 2.45) is 5.73 Å². The standard InChI is InChI=1S/C13H9BrClF2N/c14-8-3-7(4-9(15)5-8)13(18)11-2-1-10(16)6-12(11)17/h1-6,13H,18H2. The van der Waals surface area contributed by atoms with Gasteiger partial charge in [0.2, 0.25) is 0 Å². The Kier molecular flexibility index (Phi) is 4.00. The van der Waals surface area contributed by atoms with E-state index in [0.717, 1.165) is 10.5 Å². The van der Waals surface area contributed by atoms with Crippen LogP contribution in [0.2, 0.25) is 5.02 Å². The van der Waals surface area contributed by atoms with Crippen molar-refractivity contribution in [1.82, 2.24) is 0 Å². The summed E-state index contributed by atoms with van der Waals surface area (Å²) in [5.74, 6) is -1.30. The molecule has 0 aliphatic rings. The topological polar surface area (TPSA) is 26.0 Å². The number of hydrogen-bond donors (Lipinski definition) is 1. The molecular formula is C13H9BrClF2N. The van der Waals surface area contributed by atoms with Crippen LogP contribution in [0, 0.1) is 11.6 Å². The van der Waals surface area contributed by atoms with Crippen LogP contribution in [-0.4, -0.2) is 0 Å². The highest BCUT2D eigenvalue weighted by Crippen LogP contribution is 2.28. The highest BCUT2D eigenvalue weighted by Gasteiger charge is 2.15. The summed E-state index contributed by atoms with van der Waals surface area (Å²) in [5.41, 5.74) is 6.84. The van der Waals surface area contributed by atoms with Crippen LogP contribution in [0.5, 0.6) is 0 Å². The lowest BCUT2D eigenvalue weighted by Gasteiger charge is -2.14. The maximum Gasteiger partial charge on any atom is 0.131 e. The van der Waals surface area contributed by atoms with Gasteiger partial charge in [-0.15, -0.1) is 0 Å². The van der Waals surface area contributed by atoms with Crippen molar-refractivity contribution >= 4 is 27.5 Å². The molecule has 0 saturated carbocycles. The van der Waals surface area contributed by atoms with Gasteiger partial charge in [-0.3, -0.25) is 0 Å². The van der Waals surface area contributed by atoms with E-state index < -0.39 is 17.7 Å². The summed E-state index contributed by atoms with van der Waals surface area (Å²) in [4.78, 5) is 0. The molecule has 0 saturated heterocycles. The second-order valence-electron chi connectivity index (χ2n) is 3.85. The lowest BCUT2D eigenvalue weighted by molar-refractivity contribution is 0.566. The third-order valence-electron chi connectivity index (χ3n) is 2.54. The van der Waals surface area contributed by atoms with Gasteiger partial charge in [0, 0.05) is 21.1 Å². The van der Waals surface area contributed by atoms with E-state index in [0.29, 0.717) is 10.6 Å². The molecule has 0 heterocycles. The SMILES string of the molecule is NC(c1cc(Cl)cc(Br)c1)c1ccc(F)cc1F. The van der Waals surface area contributed by atoms with Crippen LogP contribution < -0.4 is 5.73 Å². The molecule has 0 amide bonds. The van der Waals surface area contributed by atoms with Gasteiger partial charge in [0.05, 0.1) is 6.04 Å². The zero-order valence-corrected chi connectivity index (χ0v) is 11.5. The maximum atomic E-state index is 13.6. The zero-order chi connectivity index (χ0) is 13.3. The minimum absolute atomic E-state index is 0.227. The van der Waals surface area contributed by atoms with Crippen molar-refractivity contribution in [2.45, 2.75) is 6.04 Å². The fourth-order valence-corrected chi connectivity index (χ4v) is 2.57. The lowest BCUT2D eigenvalue weighted by Crippen LogP contribution is -2.13. The molecule has 2 rings (SSSR count). The van der Waals surface area contributed by atoms with Gasteiger partial charge >= 0.3 is 0 Å². The molecule has 0 aliphatic heterocycles. The van der Waals surface area contributed by atoms with Crippen LogP contribution in [-0.2, 0) is 0 Å². The Labute approximate surface area is 117 Å². The quantitative estimate of drug-likeness (QED) is 0.865. The van der Waals surface area contributed by atoms with Crippen molar-refractivity contribution < 1.29 is 8.78 Å². The van der Waals surface area contributed by atoms with Crippen LogP contribution in [0.25, 0.3) is 0 Å². The predicted octanol–water partition coefficient (Wildman–Crippen LogP) is 4.43. The number of halogens is 4. The smallest absolute Gasteiger partial charge is 0.131 e. The Hall–Kier alpha value is -0.970.